The van der Waals surface area contributed by atoms with Crippen molar-refractivity contribution >= 4 is 77.5 Å². The topological polar surface area (TPSA) is 11.4 Å². The molecule has 270 valence electrons. The van der Waals surface area contributed by atoms with Gasteiger partial charge in [0.2, 0.25) is 5.82 Å². The van der Waals surface area contributed by atoms with Crippen LogP contribution in [-0.4, -0.2) is 4.57 Å². The van der Waals surface area contributed by atoms with Gasteiger partial charge < -0.3 is 14.4 Å². The van der Waals surface area contributed by atoms with Crippen LogP contribution in [0.1, 0.15) is 0 Å². The van der Waals surface area contributed by atoms with Crippen LogP contribution in [0, 0.1) is 29.1 Å². The molecule has 56 heavy (non-hydrogen) atoms. The standard InChI is InChI=1S/C48H28F5N3/c49-43-44(50)46(52)48(47(53)45(43)51)56-39-27-25-37(54(30-15-4-1-5-16-30)31-17-6-2-7-18-31)34-23-24-35-38(26-28-40(56)42(35)41(34)39)55(32-19-8-3-9-20-32)36-22-12-14-29-13-10-11-21-33(29)36/h1-28H. The van der Waals surface area contributed by atoms with E-state index in [0.29, 0.717) is 21.5 Å². The van der Waals surface area contributed by atoms with Gasteiger partial charge in [-0.15, -0.1) is 0 Å². The number of halogens is 5. The maximum atomic E-state index is 15.9. The summed E-state index contributed by atoms with van der Waals surface area (Å²) in [6.07, 6.45) is 0. The maximum Gasteiger partial charge on any atom is 0.200 e. The third-order valence-corrected chi connectivity index (χ3v) is 10.5. The molecule has 0 aliphatic carbocycles. The van der Waals surface area contributed by atoms with Crippen LogP contribution in [0.25, 0.3) is 49.0 Å². The van der Waals surface area contributed by atoms with E-state index in [1.165, 1.54) is 0 Å². The van der Waals surface area contributed by atoms with Gasteiger partial charge in [-0.2, -0.15) is 0 Å². The highest BCUT2D eigenvalue weighted by atomic mass is 19.2. The molecule has 1 heterocycles. The van der Waals surface area contributed by atoms with Crippen molar-refractivity contribution in [3.63, 3.8) is 0 Å². The quantitative estimate of drug-likeness (QED) is 0.0697. The van der Waals surface area contributed by atoms with Crippen molar-refractivity contribution in [2.75, 3.05) is 9.80 Å². The summed E-state index contributed by atoms with van der Waals surface area (Å²) in [5, 5.41) is 4.66. The molecule has 0 bridgehead atoms. The SMILES string of the molecule is Fc1c(F)c(F)c(-n2c3ccc(N(c4ccccc4)c4ccccc4)c4ccc5c(N(c6ccccc6)c6cccc7ccccc67)ccc2c5c43)c(F)c1F. The molecule has 9 aromatic carbocycles. The van der Waals surface area contributed by atoms with Gasteiger partial charge in [-0.05, 0) is 72.1 Å². The van der Waals surface area contributed by atoms with Gasteiger partial charge in [0.25, 0.3) is 0 Å². The van der Waals surface area contributed by atoms with E-state index in [-0.39, 0.29) is 11.0 Å². The Kier molecular flexibility index (Phi) is 7.74. The predicted molar refractivity (Wildman–Crippen MR) is 216 cm³/mol. The lowest BCUT2D eigenvalue weighted by molar-refractivity contribution is 0.376. The fourth-order valence-corrected chi connectivity index (χ4v) is 8.12. The highest BCUT2D eigenvalue weighted by Gasteiger charge is 2.31. The van der Waals surface area contributed by atoms with Gasteiger partial charge in [0.1, 0.15) is 5.69 Å². The van der Waals surface area contributed by atoms with Crippen molar-refractivity contribution in [3.8, 4) is 5.69 Å². The molecule has 0 saturated heterocycles. The second kappa shape index (κ2) is 13.0. The zero-order chi connectivity index (χ0) is 38.1. The molecule has 0 spiro atoms. The number of nitrogens with zero attached hydrogens (tertiary/aromatic N) is 3. The van der Waals surface area contributed by atoms with Crippen LogP contribution in [0.2, 0.25) is 0 Å². The summed E-state index contributed by atoms with van der Waals surface area (Å²) in [6, 6.07) is 54.6. The lowest BCUT2D eigenvalue weighted by Crippen LogP contribution is -2.11. The third-order valence-electron chi connectivity index (χ3n) is 10.5. The summed E-state index contributed by atoms with van der Waals surface area (Å²) in [7, 11) is 0. The highest BCUT2D eigenvalue weighted by Crippen LogP contribution is 2.50. The molecule has 0 fully saturated rings. The molecule has 0 amide bonds. The minimum atomic E-state index is -2.21. The Bertz CT molecular complexity index is 3020. The lowest BCUT2D eigenvalue weighted by Gasteiger charge is -2.29. The molecular weight excluding hydrogens is 714 g/mol. The van der Waals surface area contributed by atoms with Gasteiger partial charge in [-0.1, -0.05) is 103 Å². The molecule has 8 heteroatoms. The Hall–Kier alpha value is -7.19. The number of fused-ring (bicyclic) bond motifs is 1. The molecule has 1 aromatic heterocycles. The molecule has 10 rings (SSSR count). The number of hydrogen-bond donors (Lipinski definition) is 0. The van der Waals surface area contributed by atoms with E-state index < -0.39 is 34.8 Å². The number of para-hydroxylation sites is 3. The van der Waals surface area contributed by atoms with Gasteiger partial charge >= 0.3 is 0 Å². The normalized spacial score (nSPS) is 11.7. The Morgan fingerprint density at radius 2 is 0.732 bits per heavy atom. The zero-order valence-corrected chi connectivity index (χ0v) is 29.4. The number of hydrogen-bond acceptors (Lipinski definition) is 2. The van der Waals surface area contributed by atoms with Crippen LogP contribution < -0.4 is 9.80 Å². The average molecular weight is 742 g/mol. The first-order chi connectivity index (χ1) is 27.4. The Morgan fingerprint density at radius 3 is 1.27 bits per heavy atom. The van der Waals surface area contributed by atoms with Crippen LogP contribution in [0.4, 0.5) is 56.1 Å². The smallest absolute Gasteiger partial charge is 0.200 e. The van der Waals surface area contributed by atoms with Gasteiger partial charge in [0.05, 0.1) is 28.1 Å². The summed E-state index contributed by atoms with van der Waals surface area (Å²) in [4.78, 5) is 4.22. The minimum Gasteiger partial charge on any atom is -0.310 e. The van der Waals surface area contributed by atoms with E-state index in [9.17, 15) is 4.39 Å². The fraction of sp³-hybridized carbons (Fsp3) is 0. The molecule has 10 aromatic rings. The Labute approximate surface area is 317 Å². The molecule has 0 unspecified atom stereocenters. The van der Waals surface area contributed by atoms with E-state index in [2.05, 4.69) is 15.9 Å². The van der Waals surface area contributed by atoms with Crippen LogP contribution >= 0.6 is 0 Å². The Morgan fingerprint density at radius 1 is 0.321 bits per heavy atom. The van der Waals surface area contributed by atoms with E-state index in [4.69, 9.17) is 0 Å². The second-order valence-corrected chi connectivity index (χ2v) is 13.5. The van der Waals surface area contributed by atoms with Gasteiger partial charge in [-0.3, -0.25) is 0 Å². The number of anilines is 6. The fourth-order valence-electron chi connectivity index (χ4n) is 8.12. The largest absolute Gasteiger partial charge is 0.310 e. The summed E-state index contributed by atoms with van der Waals surface area (Å²) >= 11 is 0. The van der Waals surface area contributed by atoms with Crippen molar-refractivity contribution in [1.29, 1.82) is 0 Å². The highest BCUT2D eigenvalue weighted by molar-refractivity contribution is 6.29. The third kappa shape index (κ3) is 4.95. The molecule has 3 nitrogen and oxygen atoms in total. The van der Waals surface area contributed by atoms with Crippen molar-refractivity contribution in [2.45, 2.75) is 0 Å². The van der Waals surface area contributed by atoms with Crippen LogP contribution in [0.15, 0.2) is 170 Å². The monoisotopic (exact) mass is 741 g/mol. The molecule has 0 radical (unpaired) electrons. The van der Waals surface area contributed by atoms with Crippen molar-refractivity contribution in [2.24, 2.45) is 0 Å². The van der Waals surface area contributed by atoms with E-state index in [0.717, 1.165) is 49.5 Å². The van der Waals surface area contributed by atoms with E-state index in [1.807, 2.05) is 152 Å². The van der Waals surface area contributed by atoms with Crippen molar-refractivity contribution in [1.82, 2.24) is 4.57 Å². The molecule has 0 aliphatic rings. The summed E-state index contributed by atoms with van der Waals surface area (Å²) in [6.45, 7) is 0. The van der Waals surface area contributed by atoms with Gasteiger partial charge in [-0.25, -0.2) is 22.0 Å². The van der Waals surface area contributed by atoms with E-state index in [1.54, 1.807) is 12.1 Å². The molecule has 0 aliphatic heterocycles. The number of rotatable bonds is 7. The van der Waals surface area contributed by atoms with Gasteiger partial charge in [0.15, 0.2) is 23.3 Å². The predicted octanol–water partition coefficient (Wildman–Crippen LogP) is 14.2. The lowest BCUT2D eigenvalue weighted by atomic mass is 9.97. The second-order valence-electron chi connectivity index (χ2n) is 13.5. The maximum absolute atomic E-state index is 15.9. The van der Waals surface area contributed by atoms with Crippen LogP contribution in [0.5, 0.6) is 0 Å². The summed E-state index contributed by atoms with van der Waals surface area (Å²) in [5.41, 5.74) is 4.52. The van der Waals surface area contributed by atoms with Gasteiger partial charge in [0, 0.05) is 44.0 Å². The number of benzene rings is 9. The average Bonchev–Trinajstić information content (AvgIpc) is 3.58. The van der Waals surface area contributed by atoms with E-state index >= 15 is 17.6 Å². The van der Waals surface area contributed by atoms with Crippen molar-refractivity contribution < 1.29 is 22.0 Å². The first-order valence-electron chi connectivity index (χ1n) is 18.0. The summed E-state index contributed by atoms with van der Waals surface area (Å²) in [5.74, 6) is -10.1. The first-order valence-corrected chi connectivity index (χ1v) is 18.0. The first kappa shape index (κ1) is 33.4. The Balaban J connectivity index is 1.35. The number of aromatic nitrogens is 1. The minimum absolute atomic E-state index is 0.279. The molecule has 0 N–H and O–H groups in total. The van der Waals surface area contributed by atoms with Crippen LogP contribution in [0.3, 0.4) is 0 Å². The molecule has 0 atom stereocenters. The van der Waals surface area contributed by atoms with Crippen molar-refractivity contribution in [3.05, 3.63) is 199 Å². The summed E-state index contributed by atoms with van der Waals surface area (Å²) < 4.78 is 77.4. The van der Waals surface area contributed by atoms with Crippen LogP contribution in [-0.2, 0) is 0 Å². The molecule has 0 saturated carbocycles. The molecular formula is C48H28F5N3. The zero-order valence-electron chi connectivity index (χ0n) is 29.4.